The highest BCUT2D eigenvalue weighted by atomic mass is 16.5. The van der Waals surface area contributed by atoms with Crippen LogP contribution < -0.4 is 15.5 Å². The van der Waals surface area contributed by atoms with Crippen LogP contribution in [0.4, 0.5) is 23.1 Å². The highest BCUT2D eigenvalue weighted by Crippen LogP contribution is 2.28. The van der Waals surface area contributed by atoms with Gasteiger partial charge in [-0.1, -0.05) is 19.1 Å². The maximum atomic E-state index is 5.45. The first kappa shape index (κ1) is 16.5. The summed E-state index contributed by atoms with van der Waals surface area (Å²) in [5, 5.41) is 6.73. The summed E-state index contributed by atoms with van der Waals surface area (Å²) >= 11 is 0. The van der Waals surface area contributed by atoms with E-state index in [-0.39, 0.29) is 0 Å². The van der Waals surface area contributed by atoms with Crippen LogP contribution in [0.25, 0.3) is 0 Å². The topological polar surface area (TPSA) is 62.3 Å². The number of morpholine rings is 1. The van der Waals surface area contributed by atoms with Crippen LogP contribution in [0.2, 0.25) is 0 Å². The first-order chi connectivity index (χ1) is 11.8. The third-order valence-electron chi connectivity index (χ3n) is 4.16. The molecule has 1 saturated heterocycles. The van der Waals surface area contributed by atoms with Crippen LogP contribution in [0.15, 0.2) is 36.5 Å². The second kappa shape index (κ2) is 7.97. The molecular weight excluding hydrogens is 302 g/mol. The Balaban J connectivity index is 1.77. The highest BCUT2D eigenvalue weighted by Gasteiger charge is 2.15. The lowest BCUT2D eigenvalue weighted by Crippen LogP contribution is -2.36. The monoisotopic (exact) mass is 327 g/mol. The second-order valence-corrected chi connectivity index (χ2v) is 5.96. The van der Waals surface area contributed by atoms with Gasteiger partial charge in [-0.3, -0.25) is 0 Å². The van der Waals surface area contributed by atoms with E-state index in [2.05, 4.69) is 57.5 Å². The fourth-order valence-electron chi connectivity index (χ4n) is 2.63. The maximum absolute atomic E-state index is 5.45. The van der Waals surface area contributed by atoms with Crippen molar-refractivity contribution in [2.24, 2.45) is 0 Å². The molecule has 0 saturated carbocycles. The Morgan fingerprint density at radius 3 is 2.79 bits per heavy atom. The number of ether oxygens (including phenoxy) is 1. The van der Waals surface area contributed by atoms with Crippen molar-refractivity contribution in [2.75, 3.05) is 41.8 Å². The molecule has 1 aromatic carbocycles. The van der Waals surface area contributed by atoms with Crippen molar-refractivity contribution in [3.63, 3.8) is 0 Å². The van der Waals surface area contributed by atoms with Gasteiger partial charge in [-0.15, -0.1) is 0 Å². The molecule has 2 heterocycles. The van der Waals surface area contributed by atoms with E-state index in [0.717, 1.165) is 49.9 Å². The van der Waals surface area contributed by atoms with Crippen molar-refractivity contribution >= 4 is 23.1 Å². The van der Waals surface area contributed by atoms with Crippen LogP contribution in [0.5, 0.6) is 0 Å². The second-order valence-electron chi connectivity index (χ2n) is 5.96. The molecule has 2 aromatic rings. The van der Waals surface area contributed by atoms with Gasteiger partial charge in [0.25, 0.3) is 0 Å². The Hall–Kier alpha value is -2.34. The number of nitrogens with one attached hydrogen (secondary N) is 2. The molecule has 6 heteroatoms. The summed E-state index contributed by atoms with van der Waals surface area (Å²) in [7, 11) is 0. The minimum Gasteiger partial charge on any atom is -0.378 e. The van der Waals surface area contributed by atoms with Gasteiger partial charge >= 0.3 is 0 Å². The fourth-order valence-corrected chi connectivity index (χ4v) is 2.63. The van der Waals surface area contributed by atoms with E-state index in [9.17, 15) is 0 Å². The summed E-state index contributed by atoms with van der Waals surface area (Å²) in [6, 6.07) is 10.5. The van der Waals surface area contributed by atoms with E-state index < -0.39 is 0 Å². The van der Waals surface area contributed by atoms with Crippen molar-refractivity contribution in [1.82, 2.24) is 9.97 Å². The predicted molar refractivity (Wildman–Crippen MR) is 98.2 cm³/mol. The van der Waals surface area contributed by atoms with Crippen LogP contribution in [-0.2, 0) is 4.74 Å². The number of hydrogen-bond donors (Lipinski definition) is 2. The van der Waals surface area contributed by atoms with Gasteiger partial charge in [0.05, 0.1) is 24.6 Å². The molecule has 3 rings (SSSR count). The lowest BCUT2D eigenvalue weighted by molar-refractivity contribution is 0.123. The number of benzene rings is 1. The fraction of sp³-hybridized carbons (Fsp3) is 0.444. The van der Waals surface area contributed by atoms with Crippen molar-refractivity contribution in [3.05, 3.63) is 36.5 Å². The van der Waals surface area contributed by atoms with Crippen LogP contribution in [-0.4, -0.2) is 42.3 Å². The summed E-state index contributed by atoms with van der Waals surface area (Å²) in [5.74, 6) is 1.44. The van der Waals surface area contributed by atoms with Gasteiger partial charge in [-0.2, -0.15) is 4.98 Å². The first-order valence-electron chi connectivity index (χ1n) is 8.54. The zero-order chi connectivity index (χ0) is 16.8. The van der Waals surface area contributed by atoms with Gasteiger partial charge in [0.2, 0.25) is 5.95 Å². The molecular formula is C18H25N5O. The number of para-hydroxylation sites is 2. The van der Waals surface area contributed by atoms with Crippen molar-refractivity contribution in [1.29, 1.82) is 0 Å². The van der Waals surface area contributed by atoms with E-state index in [1.807, 2.05) is 12.1 Å². The molecule has 0 aliphatic carbocycles. The third-order valence-corrected chi connectivity index (χ3v) is 4.16. The molecule has 1 atom stereocenters. The zero-order valence-corrected chi connectivity index (χ0v) is 14.3. The minimum atomic E-state index is 0.383. The smallest absolute Gasteiger partial charge is 0.229 e. The zero-order valence-electron chi connectivity index (χ0n) is 14.3. The summed E-state index contributed by atoms with van der Waals surface area (Å²) in [5.41, 5.74) is 2.17. The molecule has 1 aliphatic heterocycles. The molecule has 2 N–H and O–H groups in total. The normalized spacial score (nSPS) is 15.8. The van der Waals surface area contributed by atoms with E-state index in [1.165, 1.54) is 0 Å². The summed E-state index contributed by atoms with van der Waals surface area (Å²) < 4.78 is 5.45. The lowest BCUT2D eigenvalue weighted by atomic mass is 10.2. The molecule has 1 unspecified atom stereocenters. The number of aromatic nitrogens is 2. The van der Waals surface area contributed by atoms with Crippen LogP contribution in [0.1, 0.15) is 20.3 Å². The van der Waals surface area contributed by atoms with E-state index in [4.69, 9.17) is 4.74 Å². The summed E-state index contributed by atoms with van der Waals surface area (Å²) in [4.78, 5) is 11.2. The Bertz CT molecular complexity index is 657. The standard InChI is InChI=1S/C18H25N5O/c1-3-14(2)20-17-8-9-19-18(22-17)21-15-6-4-5-7-16(15)23-10-12-24-13-11-23/h4-9,14H,3,10-13H2,1-2H3,(H2,19,20,21,22). The van der Waals surface area contributed by atoms with Crippen molar-refractivity contribution in [2.45, 2.75) is 26.3 Å². The quantitative estimate of drug-likeness (QED) is 0.849. The van der Waals surface area contributed by atoms with Crippen LogP contribution >= 0.6 is 0 Å². The molecule has 128 valence electrons. The number of rotatable bonds is 6. The molecule has 0 spiro atoms. The average molecular weight is 327 g/mol. The first-order valence-corrected chi connectivity index (χ1v) is 8.54. The Morgan fingerprint density at radius 1 is 1.21 bits per heavy atom. The van der Waals surface area contributed by atoms with Crippen LogP contribution in [0, 0.1) is 0 Å². The van der Waals surface area contributed by atoms with Gasteiger partial charge in [0, 0.05) is 25.3 Å². The van der Waals surface area contributed by atoms with E-state index >= 15 is 0 Å². The molecule has 1 aromatic heterocycles. The van der Waals surface area contributed by atoms with Gasteiger partial charge in [0.1, 0.15) is 5.82 Å². The number of hydrogen-bond acceptors (Lipinski definition) is 6. The molecule has 6 nitrogen and oxygen atoms in total. The van der Waals surface area contributed by atoms with Gasteiger partial charge in [-0.05, 0) is 31.5 Å². The lowest BCUT2D eigenvalue weighted by Gasteiger charge is -2.30. The van der Waals surface area contributed by atoms with E-state index in [1.54, 1.807) is 6.20 Å². The SMILES string of the molecule is CCC(C)Nc1ccnc(Nc2ccccc2N2CCOCC2)n1. The van der Waals surface area contributed by atoms with Gasteiger partial charge < -0.3 is 20.3 Å². The number of nitrogens with zero attached hydrogens (tertiary/aromatic N) is 3. The average Bonchev–Trinajstić information content (AvgIpc) is 2.63. The van der Waals surface area contributed by atoms with E-state index in [0.29, 0.717) is 12.0 Å². The highest BCUT2D eigenvalue weighted by molar-refractivity contribution is 5.73. The molecule has 0 radical (unpaired) electrons. The van der Waals surface area contributed by atoms with Crippen molar-refractivity contribution in [3.8, 4) is 0 Å². The van der Waals surface area contributed by atoms with Crippen molar-refractivity contribution < 1.29 is 4.74 Å². The molecule has 0 amide bonds. The molecule has 24 heavy (non-hydrogen) atoms. The Labute approximate surface area is 143 Å². The predicted octanol–water partition coefficient (Wildman–Crippen LogP) is 3.27. The molecule has 1 aliphatic rings. The minimum absolute atomic E-state index is 0.383. The maximum Gasteiger partial charge on any atom is 0.229 e. The van der Waals surface area contributed by atoms with Crippen LogP contribution in [0.3, 0.4) is 0 Å². The third kappa shape index (κ3) is 4.14. The van der Waals surface area contributed by atoms with Gasteiger partial charge in [-0.25, -0.2) is 4.98 Å². The summed E-state index contributed by atoms with van der Waals surface area (Å²) in [6.45, 7) is 7.61. The summed E-state index contributed by atoms with van der Waals surface area (Å²) in [6.07, 6.45) is 2.82. The largest absolute Gasteiger partial charge is 0.378 e. The Morgan fingerprint density at radius 2 is 2.00 bits per heavy atom. The molecule has 0 bridgehead atoms. The molecule has 1 fully saturated rings. The number of anilines is 4. The Kier molecular flexibility index (Phi) is 5.48. The van der Waals surface area contributed by atoms with Gasteiger partial charge in [0.15, 0.2) is 0 Å².